The number of nitrogens with zero attached hydrogens (tertiary/aromatic N) is 7. The molecule has 4 rings (SSSR count). The van der Waals surface area contributed by atoms with Crippen LogP contribution in [0.3, 0.4) is 0 Å². The van der Waals surface area contributed by atoms with Gasteiger partial charge in [0.1, 0.15) is 29.8 Å². The van der Waals surface area contributed by atoms with Crippen LogP contribution in [-0.4, -0.2) is 73.9 Å². The fourth-order valence-corrected chi connectivity index (χ4v) is 3.75. The van der Waals surface area contributed by atoms with Crippen molar-refractivity contribution in [2.75, 3.05) is 43.1 Å². The molecule has 1 aliphatic rings. The number of hydrogen-bond acceptors (Lipinski definition) is 9. The number of alkyl halides is 3. The molecule has 13 heteroatoms. The number of ether oxygens (including phenoxy) is 1. The molecule has 2 N–H and O–H groups in total. The number of anilines is 3. The molecule has 1 saturated heterocycles. The number of fused-ring (bicyclic) bond motifs is 1. The van der Waals surface area contributed by atoms with Crippen LogP contribution >= 0.6 is 0 Å². The van der Waals surface area contributed by atoms with Crippen molar-refractivity contribution in [1.82, 2.24) is 29.7 Å². The van der Waals surface area contributed by atoms with E-state index in [1.165, 1.54) is 6.33 Å². The Balaban J connectivity index is 1.71. The molecule has 0 spiro atoms. The summed E-state index contributed by atoms with van der Waals surface area (Å²) in [6.45, 7) is 1.99. The zero-order valence-electron chi connectivity index (χ0n) is 18.1. The van der Waals surface area contributed by atoms with Crippen LogP contribution in [0.2, 0.25) is 0 Å². The Hall–Kier alpha value is -3.06. The monoisotopic (exact) mass is 466 g/mol. The Morgan fingerprint density at radius 2 is 2.15 bits per heavy atom. The van der Waals surface area contributed by atoms with E-state index in [4.69, 9.17) is 14.7 Å². The molecule has 1 fully saturated rings. The quantitative estimate of drug-likeness (QED) is 0.459. The summed E-state index contributed by atoms with van der Waals surface area (Å²) in [4.78, 5) is 19.5. The lowest BCUT2D eigenvalue weighted by Crippen LogP contribution is -2.23. The molecule has 0 aliphatic carbocycles. The summed E-state index contributed by atoms with van der Waals surface area (Å²) >= 11 is 0. The smallest absolute Gasteiger partial charge is 0.396 e. The molecule has 10 nitrogen and oxygen atoms in total. The van der Waals surface area contributed by atoms with Crippen molar-refractivity contribution in [1.29, 1.82) is 0 Å². The zero-order valence-corrected chi connectivity index (χ0v) is 18.1. The topological polar surface area (TPSA) is 114 Å². The SMILES string of the molecule is CCc1nn(CCOCC(F)(F)F)c2c(Nc3ccncn3)nc(N3CC[C@@H](CO)C3)nc12. The second-order valence-electron chi connectivity index (χ2n) is 7.76. The highest BCUT2D eigenvalue weighted by molar-refractivity contribution is 5.90. The fourth-order valence-electron chi connectivity index (χ4n) is 3.75. The van der Waals surface area contributed by atoms with Crippen molar-refractivity contribution < 1.29 is 23.0 Å². The third kappa shape index (κ3) is 5.47. The highest BCUT2D eigenvalue weighted by Crippen LogP contribution is 2.30. The summed E-state index contributed by atoms with van der Waals surface area (Å²) in [6, 6.07) is 1.68. The van der Waals surface area contributed by atoms with Crippen LogP contribution in [0, 0.1) is 5.92 Å². The van der Waals surface area contributed by atoms with E-state index < -0.39 is 12.8 Å². The summed E-state index contributed by atoms with van der Waals surface area (Å²) in [5, 5.41) is 17.2. The lowest BCUT2D eigenvalue weighted by atomic mass is 10.1. The molecule has 0 bridgehead atoms. The van der Waals surface area contributed by atoms with Gasteiger partial charge in [0.25, 0.3) is 0 Å². The molecule has 0 aromatic carbocycles. The van der Waals surface area contributed by atoms with E-state index in [-0.39, 0.29) is 25.7 Å². The fraction of sp³-hybridized carbons (Fsp3) is 0.550. The Labute approximate surface area is 187 Å². The molecule has 33 heavy (non-hydrogen) atoms. The number of nitrogens with one attached hydrogen (secondary N) is 1. The van der Waals surface area contributed by atoms with Crippen molar-refractivity contribution in [3.05, 3.63) is 24.3 Å². The van der Waals surface area contributed by atoms with Crippen LogP contribution < -0.4 is 10.2 Å². The standard InChI is InChI=1S/C20H25F3N8O2/c1-2-14-16-17(31(29-14)7-8-33-11-20(21,22)23)18(26-15-3-5-24-12-25-15)28-19(27-16)30-6-4-13(9-30)10-32/h3,5,12-13,32H,2,4,6-11H2,1H3,(H,24,25,26,27,28)/t13-/m1/s1. The van der Waals surface area contributed by atoms with Crippen molar-refractivity contribution in [3.8, 4) is 0 Å². The molecule has 0 unspecified atom stereocenters. The second-order valence-corrected chi connectivity index (χ2v) is 7.76. The highest BCUT2D eigenvalue weighted by Gasteiger charge is 2.28. The predicted octanol–water partition coefficient (Wildman–Crippen LogP) is 2.32. The third-order valence-electron chi connectivity index (χ3n) is 5.35. The third-order valence-corrected chi connectivity index (χ3v) is 5.35. The maximum absolute atomic E-state index is 12.4. The van der Waals surface area contributed by atoms with Crippen molar-refractivity contribution in [2.24, 2.45) is 5.92 Å². The minimum absolute atomic E-state index is 0.0981. The van der Waals surface area contributed by atoms with Crippen molar-refractivity contribution in [3.63, 3.8) is 0 Å². The predicted molar refractivity (Wildman–Crippen MR) is 114 cm³/mol. The van der Waals surface area contributed by atoms with Crippen molar-refractivity contribution in [2.45, 2.75) is 32.5 Å². The molecule has 3 aromatic rings. The number of halogens is 3. The Morgan fingerprint density at radius 3 is 2.82 bits per heavy atom. The van der Waals surface area contributed by atoms with Gasteiger partial charge in [0.05, 0.1) is 18.8 Å². The molecule has 4 heterocycles. The minimum atomic E-state index is -4.39. The van der Waals surface area contributed by atoms with E-state index in [2.05, 4.69) is 20.4 Å². The van der Waals surface area contributed by atoms with E-state index in [9.17, 15) is 18.3 Å². The first-order valence-corrected chi connectivity index (χ1v) is 10.7. The molecule has 0 saturated carbocycles. The molecular formula is C20H25F3N8O2. The molecule has 0 amide bonds. The van der Waals surface area contributed by atoms with E-state index in [1.807, 2.05) is 11.8 Å². The summed E-state index contributed by atoms with van der Waals surface area (Å²) in [5.74, 6) is 1.59. The van der Waals surface area contributed by atoms with Crippen LogP contribution in [0.4, 0.5) is 30.8 Å². The maximum atomic E-state index is 12.4. The lowest BCUT2D eigenvalue weighted by Gasteiger charge is -2.18. The number of rotatable bonds is 9. The second kappa shape index (κ2) is 9.83. The number of hydrogen-bond donors (Lipinski definition) is 2. The van der Waals surface area contributed by atoms with Crippen molar-refractivity contribution >= 4 is 28.6 Å². The van der Waals surface area contributed by atoms with Crippen LogP contribution in [0.5, 0.6) is 0 Å². The molecule has 1 atom stereocenters. The normalized spacial score (nSPS) is 16.6. The van der Waals surface area contributed by atoms with Crippen LogP contribution in [0.1, 0.15) is 19.0 Å². The van der Waals surface area contributed by atoms with Crippen LogP contribution in [-0.2, 0) is 17.7 Å². The molecule has 1 aliphatic heterocycles. The number of aromatic nitrogens is 6. The van der Waals surface area contributed by atoms with E-state index in [0.29, 0.717) is 53.8 Å². The van der Waals surface area contributed by atoms with Gasteiger partial charge < -0.3 is 20.1 Å². The molecule has 0 radical (unpaired) electrons. The summed E-state index contributed by atoms with van der Waals surface area (Å²) in [6.07, 6.45) is 0.00758. The van der Waals surface area contributed by atoms with Crippen LogP contribution in [0.15, 0.2) is 18.6 Å². The van der Waals surface area contributed by atoms with Gasteiger partial charge in [-0.25, -0.2) is 15.0 Å². The van der Waals surface area contributed by atoms with Gasteiger partial charge >= 0.3 is 6.18 Å². The zero-order chi connectivity index (χ0) is 23.4. The number of aryl methyl sites for hydroxylation is 1. The first-order chi connectivity index (χ1) is 15.9. The van der Waals surface area contributed by atoms with Gasteiger partial charge in [-0.05, 0) is 18.9 Å². The van der Waals surface area contributed by atoms with Gasteiger partial charge in [-0.15, -0.1) is 0 Å². The van der Waals surface area contributed by atoms with E-state index in [1.54, 1.807) is 16.9 Å². The molecule has 3 aromatic heterocycles. The number of aliphatic hydroxyl groups is 1. The first kappa shape index (κ1) is 23.1. The first-order valence-electron chi connectivity index (χ1n) is 10.7. The maximum Gasteiger partial charge on any atom is 0.411 e. The number of aliphatic hydroxyl groups excluding tert-OH is 1. The minimum Gasteiger partial charge on any atom is -0.396 e. The van der Waals surface area contributed by atoms with Crippen LogP contribution in [0.25, 0.3) is 11.0 Å². The lowest BCUT2D eigenvalue weighted by molar-refractivity contribution is -0.174. The Bertz CT molecular complexity index is 1080. The average Bonchev–Trinajstić information content (AvgIpc) is 3.41. The van der Waals surface area contributed by atoms with Gasteiger partial charge in [-0.1, -0.05) is 6.92 Å². The van der Waals surface area contributed by atoms with Gasteiger partial charge in [-0.3, -0.25) is 4.68 Å². The molecular weight excluding hydrogens is 441 g/mol. The van der Waals surface area contributed by atoms with Gasteiger partial charge in [0, 0.05) is 31.8 Å². The molecule has 178 valence electrons. The summed E-state index contributed by atoms with van der Waals surface area (Å²) in [7, 11) is 0. The largest absolute Gasteiger partial charge is 0.411 e. The average molecular weight is 466 g/mol. The summed E-state index contributed by atoms with van der Waals surface area (Å²) < 4.78 is 43.7. The highest BCUT2D eigenvalue weighted by atomic mass is 19.4. The van der Waals surface area contributed by atoms with Gasteiger partial charge in [0.2, 0.25) is 5.95 Å². The van der Waals surface area contributed by atoms with E-state index in [0.717, 1.165) is 6.42 Å². The van der Waals surface area contributed by atoms with E-state index >= 15 is 0 Å². The summed E-state index contributed by atoms with van der Waals surface area (Å²) in [5.41, 5.74) is 1.87. The Morgan fingerprint density at radius 1 is 1.30 bits per heavy atom. The van der Waals surface area contributed by atoms with Gasteiger partial charge in [0.15, 0.2) is 5.82 Å². The Kier molecular flexibility index (Phi) is 6.88. The van der Waals surface area contributed by atoms with Gasteiger partial charge in [-0.2, -0.15) is 23.3 Å².